The molecular weight excluding hydrogens is 274 g/mol. The third-order valence-corrected chi connectivity index (χ3v) is 3.32. The van der Waals surface area contributed by atoms with Gasteiger partial charge in [0.1, 0.15) is 6.54 Å². The highest BCUT2D eigenvalue weighted by atomic mass is 16.5. The molecule has 21 heavy (non-hydrogen) atoms. The Morgan fingerprint density at radius 1 is 1.48 bits per heavy atom. The number of carboxylic acid groups (broad SMARTS) is 1. The molecule has 1 aliphatic rings. The molecule has 0 atom stereocenters. The average Bonchev–Trinajstić information content (AvgIpc) is 3.01. The number of aromatic carboxylic acids is 1. The zero-order valence-electron chi connectivity index (χ0n) is 12.0. The van der Waals surface area contributed by atoms with E-state index in [9.17, 15) is 4.79 Å². The van der Waals surface area contributed by atoms with Crippen molar-refractivity contribution in [2.24, 2.45) is 5.92 Å². The van der Waals surface area contributed by atoms with Crippen molar-refractivity contribution in [1.29, 1.82) is 0 Å². The first-order chi connectivity index (χ1) is 10.0. The van der Waals surface area contributed by atoms with E-state index < -0.39 is 5.97 Å². The second kappa shape index (κ2) is 5.27. The standard InChI is InChI=1S/C13H17N5O3/c1-7(2)5-10-14-9(16-21-10)6-18-12(8-3-4-8)11(13(19)20)15-17-18/h7-8H,3-6H2,1-2H3,(H,19,20). The van der Waals surface area contributed by atoms with Crippen LogP contribution < -0.4 is 0 Å². The summed E-state index contributed by atoms with van der Waals surface area (Å²) in [7, 11) is 0. The topological polar surface area (TPSA) is 107 Å². The van der Waals surface area contributed by atoms with Crippen molar-refractivity contribution in [3.05, 3.63) is 23.1 Å². The minimum atomic E-state index is -1.04. The van der Waals surface area contributed by atoms with E-state index >= 15 is 0 Å². The molecular formula is C13H17N5O3. The number of hydrogen-bond donors (Lipinski definition) is 1. The Balaban J connectivity index is 1.81. The van der Waals surface area contributed by atoms with Crippen LogP contribution in [0.25, 0.3) is 0 Å². The van der Waals surface area contributed by atoms with Gasteiger partial charge in [0.05, 0.1) is 5.69 Å². The molecule has 112 valence electrons. The van der Waals surface area contributed by atoms with Crippen molar-refractivity contribution in [3.63, 3.8) is 0 Å². The number of carboxylic acids is 1. The van der Waals surface area contributed by atoms with Gasteiger partial charge in [-0.15, -0.1) is 5.10 Å². The Hall–Kier alpha value is -2.25. The van der Waals surface area contributed by atoms with Crippen molar-refractivity contribution >= 4 is 5.97 Å². The number of carbonyl (C=O) groups is 1. The van der Waals surface area contributed by atoms with Crippen molar-refractivity contribution in [2.45, 2.75) is 45.6 Å². The fourth-order valence-electron chi connectivity index (χ4n) is 2.27. The normalized spacial score (nSPS) is 14.8. The maximum Gasteiger partial charge on any atom is 0.358 e. The predicted octanol–water partition coefficient (Wildman–Crippen LogP) is 1.48. The highest BCUT2D eigenvalue weighted by Crippen LogP contribution is 2.41. The van der Waals surface area contributed by atoms with E-state index in [4.69, 9.17) is 9.63 Å². The Labute approximate surface area is 121 Å². The summed E-state index contributed by atoms with van der Waals surface area (Å²) in [6, 6.07) is 0. The summed E-state index contributed by atoms with van der Waals surface area (Å²) in [6.07, 6.45) is 2.66. The molecule has 1 fully saturated rings. The van der Waals surface area contributed by atoms with Crippen molar-refractivity contribution in [3.8, 4) is 0 Å². The van der Waals surface area contributed by atoms with E-state index in [1.165, 1.54) is 0 Å². The molecule has 0 amide bonds. The summed E-state index contributed by atoms with van der Waals surface area (Å²) in [5.41, 5.74) is 0.695. The van der Waals surface area contributed by atoms with Crippen LogP contribution in [0.5, 0.6) is 0 Å². The van der Waals surface area contributed by atoms with Gasteiger partial charge in [-0.2, -0.15) is 4.98 Å². The molecule has 0 aromatic carbocycles. The first-order valence-electron chi connectivity index (χ1n) is 7.02. The molecule has 8 nitrogen and oxygen atoms in total. The van der Waals surface area contributed by atoms with Crippen molar-refractivity contribution < 1.29 is 14.4 Å². The Morgan fingerprint density at radius 3 is 2.86 bits per heavy atom. The summed E-state index contributed by atoms with van der Waals surface area (Å²) < 4.78 is 6.75. The fourth-order valence-corrected chi connectivity index (χ4v) is 2.27. The molecule has 0 spiro atoms. The maximum atomic E-state index is 11.2. The van der Waals surface area contributed by atoms with E-state index in [1.54, 1.807) is 4.68 Å². The van der Waals surface area contributed by atoms with E-state index in [0.717, 1.165) is 19.3 Å². The van der Waals surface area contributed by atoms with E-state index in [-0.39, 0.29) is 18.2 Å². The van der Waals surface area contributed by atoms with Crippen LogP contribution in [0.2, 0.25) is 0 Å². The SMILES string of the molecule is CC(C)Cc1nc(Cn2nnc(C(=O)O)c2C2CC2)no1. The molecule has 2 aromatic rings. The first-order valence-corrected chi connectivity index (χ1v) is 7.02. The minimum absolute atomic E-state index is 0.0309. The van der Waals surface area contributed by atoms with Gasteiger partial charge in [0.25, 0.3) is 0 Å². The second-order valence-electron chi connectivity index (χ2n) is 5.76. The van der Waals surface area contributed by atoms with Crippen LogP contribution in [-0.4, -0.2) is 36.2 Å². The summed E-state index contributed by atoms with van der Waals surface area (Å²) in [5.74, 6) is 0.705. The molecule has 2 aromatic heterocycles. The lowest BCUT2D eigenvalue weighted by molar-refractivity contribution is 0.0689. The number of aromatic nitrogens is 5. The number of rotatable bonds is 6. The quantitative estimate of drug-likeness (QED) is 0.858. The third-order valence-electron chi connectivity index (χ3n) is 3.32. The molecule has 0 bridgehead atoms. The molecule has 1 aliphatic carbocycles. The van der Waals surface area contributed by atoms with Gasteiger partial charge in [-0.25, -0.2) is 9.48 Å². The summed E-state index contributed by atoms with van der Waals surface area (Å²) in [4.78, 5) is 15.5. The third kappa shape index (κ3) is 2.93. The van der Waals surface area contributed by atoms with E-state index in [2.05, 4.69) is 34.3 Å². The predicted molar refractivity (Wildman–Crippen MR) is 70.9 cm³/mol. The summed E-state index contributed by atoms with van der Waals surface area (Å²) in [5, 5.41) is 20.8. The molecule has 1 N–H and O–H groups in total. The molecule has 0 saturated heterocycles. The van der Waals surface area contributed by atoms with Crippen LogP contribution in [-0.2, 0) is 13.0 Å². The molecule has 3 rings (SSSR count). The zero-order valence-corrected chi connectivity index (χ0v) is 12.0. The van der Waals surface area contributed by atoms with E-state index in [1.807, 2.05) is 0 Å². The molecule has 8 heteroatoms. The summed E-state index contributed by atoms with van der Waals surface area (Å²) >= 11 is 0. The average molecular weight is 291 g/mol. The number of nitrogens with zero attached hydrogens (tertiary/aromatic N) is 5. The molecule has 2 heterocycles. The summed E-state index contributed by atoms with van der Waals surface area (Å²) in [6.45, 7) is 4.44. The maximum absolute atomic E-state index is 11.2. The van der Waals surface area contributed by atoms with Gasteiger partial charge in [-0.05, 0) is 18.8 Å². The van der Waals surface area contributed by atoms with E-state index in [0.29, 0.717) is 23.3 Å². The monoisotopic (exact) mass is 291 g/mol. The number of hydrogen-bond acceptors (Lipinski definition) is 6. The Morgan fingerprint density at radius 2 is 2.24 bits per heavy atom. The van der Waals surface area contributed by atoms with Crippen LogP contribution in [0.3, 0.4) is 0 Å². The van der Waals surface area contributed by atoms with Gasteiger partial charge in [0.15, 0.2) is 11.5 Å². The molecule has 1 saturated carbocycles. The van der Waals surface area contributed by atoms with Gasteiger partial charge >= 0.3 is 5.97 Å². The fraction of sp³-hybridized carbons (Fsp3) is 0.615. The highest BCUT2D eigenvalue weighted by molar-refractivity contribution is 5.86. The van der Waals surface area contributed by atoms with Crippen LogP contribution in [0, 0.1) is 5.92 Å². The van der Waals surface area contributed by atoms with Gasteiger partial charge < -0.3 is 9.63 Å². The largest absolute Gasteiger partial charge is 0.476 e. The lowest BCUT2D eigenvalue weighted by Crippen LogP contribution is -2.09. The zero-order chi connectivity index (χ0) is 15.0. The second-order valence-corrected chi connectivity index (χ2v) is 5.76. The van der Waals surface area contributed by atoms with Crippen LogP contribution in [0.4, 0.5) is 0 Å². The van der Waals surface area contributed by atoms with Gasteiger partial charge in [0.2, 0.25) is 5.89 Å². The highest BCUT2D eigenvalue weighted by Gasteiger charge is 2.34. The lowest BCUT2D eigenvalue weighted by Gasteiger charge is -2.02. The Kier molecular flexibility index (Phi) is 3.44. The van der Waals surface area contributed by atoms with Gasteiger partial charge in [0, 0.05) is 12.3 Å². The molecule has 0 aliphatic heterocycles. The van der Waals surface area contributed by atoms with Gasteiger partial charge in [-0.3, -0.25) is 0 Å². The van der Waals surface area contributed by atoms with Crippen LogP contribution in [0.15, 0.2) is 4.52 Å². The minimum Gasteiger partial charge on any atom is -0.476 e. The Bertz CT molecular complexity index is 657. The van der Waals surface area contributed by atoms with Crippen molar-refractivity contribution in [2.75, 3.05) is 0 Å². The van der Waals surface area contributed by atoms with Gasteiger partial charge in [-0.1, -0.05) is 24.2 Å². The molecule has 0 unspecified atom stereocenters. The van der Waals surface area contributed by atoms with Crippen LogP contribution >= 0.6 is 0 Å². The molecule has 0 radical (unpaired) electrons. The van der Waals surface area contributed by atoms with Crippen LogP contribution in [0.1, 0.15) is 60.5 Å². The lowest BCUT2D eigenvalue weighted by atomic mass is 10.1. The first kappa shape index (κ1) is 13.7. The smallest absolute Gasteiger partial charge is 0.358 e. The van der Waals surface area contributed by atoms with Crippen molar-refractivity contribution in [1.82, 2.24) is 25.1 Å².